The van der Waals surface area contributed by atoms with Crippen molar-refractivity contribution >= 4 is 11.6 Å². The Morgan fingerprint density at radius 2 is 1.88 bits per heavy atom. The van der Waals surface area contributed by atoms with Gasteiger partial charge < -0.3 is 10.5 Å². The van der Waals surface area contributed by atoms with Gasteiger partial charge in [-0.25, -0.2) is 0 Å². The van der Waals surface area contributed by atoms with Crippen molar-refractivity contribution in [2.24, 2.45) is 5.73 Å². The van der Waals surface area contributed by atoms with Gasteiger partial charge in [0.05, 0.1) is 13.2 Å². The second-order valence-electron chi connectivity index (χ2n) is 3.77. The maximum Gasteiger partial charge on any atom is 0.123 e. The molecule has 0 radical (unpaired) electrons. The number of methoxy groups -OCH3 is 1. The molecule has 0 amide bonds. The van der Waals surface area contributed by atoms with Crippen molar-refractivity contribution in [3.8, 4) is 5.75 Å². The van der Waals surface area contributed by atoms with E-state index in [0.29, 0.717) is 5.02 Å². The van der Waals surface area contributed by atoms with E-state index in [1.165, 1.54) is 0 Å². The highest BCUT2D eigenvalue weighted by atomic mass is 35.5. The Kier molecular flexibility index (Phi) is 3.67. The molecule has 1 atom stereocenters. The Balaban J connectivity index is 2.40. The maximum atomic E-state index is 6.22. The molecular formula is C14H14ClNO. The summed E-state index contributed by atoms with van der Waals surface area (Å²) in [6, 6.07) is 15.1. The lowest BCUT2D eigenvalue weighted by molar-refractivity contribution is 0.408. The zero-order chi connectivity index (χ0) is 12.3. The quantitative estimate of drug-likeness (QED) is 0.902. The molecule has 88 valence electrons. The van der Waals surface area contributed by atoms with E-state index >= 15 is 0 Å². The number of nitrogens with two attached hydrogens (primary N) is 1. The van der Waals surface area contributed by atoms with Crippen LogP contribution in [-0.4, -0.2) is 7.11 Å². The molecule has 0 aliphatic carbocycles. The third-order valence-corrected chi connectivity index (χ3v) is 2.92. The number of benzene rings is 2. The molecular weight excluding hydrogens is 234 g/mol. The van der Waals surface area contributed by atoms with Crippen LogP contribution in [0.2, 0.25) is 5.02 Å². The average Bonchev–Trinajstić information content (AvgIpc) is 2.38. The molecule has 1 unspecified atom stereocenters. The predicted octanol–water partition coefficient (Wildman–Crippen LogP) is 3.40. The van der Waals surface area contributed by atoms with Crippen LogP contribution in [0.4, 0.5) is 0 Å². The van der Waals surface area contributed by atoms with Crippen molar-refractivity contribution in [3.63, 3.8) is 0 Å². The summed E-state index contributed by atoms with van der Waals surface area (Å²) in [5.41, 5.74) is 8.15. The van der Waals surface area contributed by atoms with Crippen LogP contribution < -0.4 is 10.5 Å². The van der Waals surface area contributed by atoms with E-state index in [9.17, 15) is 0 Å². The van der Waals surface area contributed by atoms with Crippen molar-refractivity contribution in [2.45, 2.75) is 6.04 Å². The van der Waals surface area contributed by atoms with E-state index in [4.69, 9.17) is 22.1 Å². The number of para-hydroxylation sites is 1. The number of hydrogen-bond acceptors (Lipinski definition) is 2. The van der Waals surface area contributed by atoms with Crippen molar-refractivity contribution in [2.75, 3.05) is 7.11 Å². The Hall–Kier alpha value is -1.51. The van der Waals surface area contributed by atoms with E-state index in [-0.39, 0.29) is 6.04 Å². The molecule has 3 heteroatoms. The standard InChI is InChI=1S/C14H14ClNO/c1-17-13-8-3-2-7-12(13)14(16)10-5-4-6-11(15)9-10/h2-9,14H,16H2,1H3. The average molecular weight is 248 g/mol. The highest BCUT2D eigenvalue weighted by molar-refractivity contribution is 6.30. The number of hydrogen-bond donors (Lipinski definition) is 1. The fourth-order valence-corrected chi connectivity index (χ4v) is 2.00. The van der Waals surface area contributed by atoms with Crippen LogP contribution in [0.25, 0.3) is 0 Å². The molecule has 0 saturated heterocycles. The molecule has 2 aromatic rings. The molecule has 0 fully saturated rings. The van der Waals surface area contributed by atoms with Crippen molar-refractivity contribution in [3.05, 3.63) is 64.7 Å². The first kappa shape index (κ1) is 12.0. The normalized spacial score (nSPS) is 12.2. The zero-order valence-electron chi connectivity index (χ0n) is 9.56. The van der Waals surface area contributed by atoms with E-state index in [0.717, 1.165) is 16.9 Å². The highest BCUT2D eigenvalue weighted by Crippen LogP contribution is 2.28. The van der Waals surface area contributed by atoms with Crippen LogP contribution in [0.1, 0.15) is 17.2 Å². The minimum Gasteiger partial charge on any atom is -0.496 e. The van der Waals surface area contributed by atoms with E-state index in [1.54, 1.807) is 7.11 Å². The smallest absolute Gasteiger partial charge is 0.123 e. The summed E-state index contributed by atoms with van der Waals surface area (Å²) in [6.45, 7) is 0. The molecule has 17 heavy (non-hydrogen) atoms. The summed E-state index contributed by atoms with van der Waals surface area (Å²) in [6.07, 6.45) is 0. The molecule has 2 rings (SSSR count). The van der Waals surface area contributed by atoms with Gasteiger partial charge in [0.25, 0.3) is 0 Å². The molecule has 0 heterocycles. The van der Waals surface area contributed by atoms with Crippen LogP contribution in [0.5, 0.6) is 5.75 Å². The second kappa shape index (κ2) is 5.21. The Morgan fingerprint density at radius 1 is 1.12 bits per heavy atom. The first-order valence-corrected chi connectivity index (χ1v) is 5.74. The Labute approximate surface area is 106 Å². The minimum atomic E-state index is -0.232. The lowest BCUT2D eigenvalue weighted by Crippen LogP contribution is -2.12. The van der Waals surface area contributed by atoms with Crippen LogP contribution in [0.3, 0.4) is 0 Å². The molecule has 0 aliphatic rings. The van der Waals surface area contributed by atoms with Crippen LogP contribution >= 0.6 is 11.6 Å². The molecule has 0 bridgehead atoms. The van der Waals surface area contributed by atoms with Gasteiger partial charge in [-0.15, -0.1) is 0 Å². The van der Waals surface area contributed by atoms with Crippen molar-refractivity contribution in [1.29, 1.82) is 0 Å². The highest BCUT2D eigenvalue weighted by Gasteiger charge is 2.13. The SMILES string of the molecule is COc1ccccc1C(N)c1cccc(Cl)c1. The Morgan fingerprint density at radius 3 is 2.59 bits per heavy atom. The fraction of sp³-hybridized carbons (Fsp3) is 0.143. The largest absolute Gasteiger partial charge is 0.496 e. The lowest BCUT2D eigenvalue weighted by Gasteiger charge is -2.16. The van der Waals surface area contributed by atoms with Gasteiger partial charge in [0.1, 0.15) is 5.75 Å². The monoisotopic (exact) mass is 247 g/mol. The van der Waals surface area contributed by atoms with Crippen LogP contribution in [0.15, 0.2) is 48.5 Å². The van der Waals surface area contributed by atoms with Crippen molar-refractivity contribution < 1.29 is 4.74 Å². The second-order valence-corrected chi connectivity index (χ2v) is 4.21. The van der Waals surface area contributed by atoms with Crippen molar-refractivity contribution in [1.82, 2.24) is 0 Å². The molecule has 0 spiro atoms. The summed E-state index contributed by atoms with van der Waals surface area (Å²) >= 11 is 5.96. The molecule has 0 aliphatic heterocycles. The number of rotatable bonds is 3. The Bertz CT molecular complexity index is 513. The first-order chi connectivity index (χ1) is 8.22. The van der Waals surface area contributed by atoms with Gasteiger partial charge in [0.2, 0.25) is 0 Å². The number of halogens is 1. The van der Waals surface area contributed by atoms with Gasteiger partial charge in [0, 0.05) is 10.6 Å². The molecule has 2 nitrogen and oxygen atoms in total. The van der Waals surface area contributed by atoms with E-state index < -0.39 is 0 Å². The van der Waals surface area contributed by atoms with E-state index in [1.807, 2.05) is 48.5 Å². The van der Waals surface area contributed by atoms with Gasteiger partial charge in [-0.2, -0.15) is 0 Å². The summed E-state index contributed by atoms with van der Waals surface area (Å²) in [7, 11) is 1.64. The minimum absolute atomic E-state index is 0.232. The molecule has 0 aromatic heterocycles. The lowest BCUT2D eigenvalue weighted by atomic mass is 9.99. The van der Waals surface area contributed by atoms with Gasteiger partial charge in [-0.05, 0) is 23.8 Å². The summed E-state index contributed by atoms with van der Waals surface area (Å²) in [4.78, 5) is 0. The zero-order valence-corrected chi connectivity index (χ0v) is 10.3. The third-order valence-electron chi connectivity index (χ3n) is 2.68. The maximum absolute atomic E-state index is 6.22. The van der Waals surface area contributed by atoms with Gasteiger partial charge in [0.15, 0.2) is 0 Å². The van der Waals surface area contributed by atoms with Gasteiger partial charge in [-0.3, -0.25) is 0 Å². The fourth-order valence-electron chi connectivity index (χ4n) is 1.80. The first-order valence-electron chi connectivity index (χ1n) is 5.36. The molecule has 2 aromatic carbocycles. The topological polar surface area (TPSA) is 35.2 Å². The third kappa shape index (κ3) is 2.60. The number of ether oxygens (including phenoxy) is 1. The van der Waals surface area contributed by atoms with E-state index in [2.05, 4.69) is 0 Å². The van der Waals surface area contributed by atoms with Crippen LogP contribution in [0, 0.1) is 0 Å². The van der Waals surface area contributed by atoms with Gasteiger partial charge >= 0.3 is 0 Å². The molecule has 0 saturated carbocycles. The predicted molar refractivity (Wildman–Crippen MR) is 70.5 cm³/mol. The van der Waals surface area contributed by atoms with Crippen LogP contribution in [-0.2, 0) is 0 Å². The molecule has 2 N–H and O–H groups in total. The summed E-state index contributed by atoms with van der Waals surface area (Å²) < 4.78 is 5.31. The van der Waals surface area contributed by atoms with Gasteiger partial charge in [-0.1, -0.05) is 41.9 Å². The summed E-state index contributed by atoms with van der Waals surface area (Å²) in [5.74, 6) is 0.792. The summed E-state index contributed by atoms with van der Waals surface area (Å²) in [5, 5.41) is 0.688.